The van der Waals surface area contributed by atoms with Crippen LogP contribution in [0.3, 0.4) is 0 Å². The molecule has 0 fully saturated rings. The number of hydrogen-bond donors (Lipinski definition) is 0. The van der Waals surface area contributed by atoms with Crippen LogP contribution in [0.2, 0.25) is 75.0 Å². The third-order valence-corrected chi connectivity index (χ3v) is 22.0. The molecule has 214 valence electrons. The van der Waals surface area contributed by atoms with Crippen LogP contribution in [0.15, 0.2) is 0 Å². The molecule has 0 saturated carbocycles. The van der Waals surface area contributed by atoms with Crippen LogP contribution < -0.4 is 0 Å². The third-order valence-electron chi connectivity index (χ3n) is 8.10. The molecule has 0 aliphatic rings. The highest BCUT2D eigenvalue weighted by molar-refractivity contribution is 6.76. The van der Waals surface area contributed by atoms with E-state index in [2.05, 4.69) is 85.8 Å². The van der Waals surface area contributed by atoms with Crippen molar-refractivity contribution < 1.29 is 22.9 Å². The standard InChI is InChI=1S/C26H59NO5Si4/c1-13-30-34(11,12)22-20-21-27(33(8,9)10)24(26(29)32-36(17-5,18-6)19-7)23-25(28)31-35(14-2,15-3)16-4/h24H,13-23H2,1-12H3. The minimum atomic E-state index is -2.16. The molecule has 36 heavy (non-hydrogen) atoms. The van der Waals surface area contributed by atoms with Crippen molar-refractivity contribution in [3.63, 3.8) is 0 Å². The molecule has 0 spiro atoms. The molecule has 6 nitrogen and oxygen atoms in total. The average molecular weight is 578 g/mol. The van der Waals surface area contributed by atoms with Gasteiger partial charge >= 0.3 is 5.97 Å². The Kier molecular flexibility index (Phi) is 15.9. The van der Waals surface area contributed by atoms with Crippen molar-refractivity contribution in [2.45, 2.75) is 142 Å². The van der Waals surface area contributed by atoms with E-state index in [1.54, 1.807) is 0 Å². The Hall–Kier alpha value is -0.272. The number of carbonyl (C=O) groups excluding carboxylic acids is 2. The Balaban J connectivity index is 6.11. The number of carbonyl (C=O) groups is 2. The lowest BCUT2D eigenvalue weighted by atomic mass is 10.2. The van der Waals surface area contributed by atoms with Crippen LogP contribution in [0.4, 0.5) is 0 Å². The van der Waals surface area contributed by atoms with Gasteiger partial charge in [0, 0.05) is 6.61 Å². The van der Waals surface area contributed by atoms with Gasteiger partial charge in [0.2, 0.25) is 0 Å². The van der Waals surface area contributed by atoms with Crippen LogP contribution in [-0.2, 0) is 22.9 Å². The summed E-state index contributed by atoms with van der Waals surface area (Å²) in [5.41, 5.74) is 0. The molecule has 0 aromatic heterocycles. The fraction of sp³-hybridized carbons (Fsp3) is 0.923. The van der Waals surface area contributed by atoms with Gasteiger partial charge in [-0.2, -0.15) is 0 Å². The van der Waals surface area contributed by atoms with Crippen LogP contribution in [0, 0.1) is 0 Å². The summed E-state index contributed by atoms with van der Waals surface area (Å²) < 4.78 is 21.0. The highest BCUT2D eigenvalue weighted by Crippen LogP contribution is 2.28. The molecule has 0 aromatic rings. The molecule has 0 saturated heterocycles. The van der Waals surface area contributed by atoms with Crippen molar-refractivity contribution in [1.82, 2.24) is 4.57 Å². The molecule has 0 radical (unpaired) electrons. The predicted octanol–water partition coefficient (Wildman–Crippen LogP) is 7.61. The number of hydrogen-bond acceptors (Lipinski definition) is 6. The Morgan fingerprint density at radius 2 is 1.17 bits per heavy atom. The summed E-state index contributed by atoms with van der Waals surface area (Å²) in [6, 6.07) is 5.90. The molecular weight excluding hydrogens is 519 g/mol. The second kappa shape index (κ2) is 16.0. The SMILES string of the molecule is CCO[Si](C)(C)CCCN(C(CC(=O)O[Si](CC)(CC)CC)C(=O)O[Si](CC)(CC)CC)[Si](C)(C)C. The summed E-state index contributed by atoms with van der Waals surface area (Å²) in [5.74, 6) is -0.428. The highest BCUT2D eigenvalue weighted by atomic mass is 28.4. The van der Waals surface area contributed by atoms with Gasteiger partial charge in [-0.25, -0.2) is 0 Å². The lowest BCUT2D eigenvalue weighted by Gasteiger charge is -2.41. The predicted molar refractivity (Wildman–Crippen MR) is 164 cm³/mol. The highest BCUT2D eigenvalue weighted by Gasteiger charge is 2.43. The summed E-state index contributed by atoms with van der Waals surface area (Å²) in [4.78, 5) is 27.2. The monoisotopic (exact) mass is 577 g/mol. The minimum Gasteiger partial charge on any atom is -0.519 e. The molecule has 0 bridgehead atoms. The molecule has 1 atom stereocenters. The molecule has 0 heterocycles. The van der Waals surface area contributed by atoms with E-state index in [0.29, 0.717) is 0 Å². The van der Waals surface area contributed by atoms with Gasteiger partial charge in [-0.15, -0.1) is 0 Å². The fourth-order valence-electron chi connectivity index (χ4n) is 5.07. The maximum absolute atomic E-state index is 13.9. The lowest BCUT2D eigenvalue weighted by molar-refractivity contribution is -0.146. The van der Waals surface area contributed by atoms with Gasteiger partial charge in [-0.3, -0.25) is 9.59 Å². The van der Waals surface area contributed by atoms with Crippen molar-refractivity contribution in [1.29, 1.82) is 0 Å². The lowest BCUT2D eigenvalue weighted by Crippen LogP contribution is -2.58. The molecule has 10 heteroatoms. The average Bonchev–Trinajstić information content (AvgIpc) is 2.81. The molecule has 0 aromatic carbocycles. The molecule has 1 unspecified atom stereocenters. The van der Waals surface area contributed by atoms with Gasteiger partial charge in [-0.05, 0) is 75.3 Å². The van der Waals surface area contributed by atoms with Crippen LogP contribution >= 0.6 is 0 Å². The van der Waals surface area contributed by atoms with E-state index in [1.807, 2.05) is 0 Å². The first-order chi connectivity index (χ1) is 16.6. The molecule has 0 aliphatic carbocycles. The summed E-state index contributed by atoms with van der Waals surface area (Å²) in [5, 5.41) is 0. The van der Waals surface area contributed by atoms with Gasteiger partial charge in [0.1, 0.15) is 14.3 Å². The maximum atomic E-state index is 13.9. The molecule has 0 amide bonds. The normalized spacial score (nSPS) is 14.1. The summed E-state index contributed by atoms with van der Waals surface area (Å²) in [7, 11) is -7.95. The van der Waals surface area contributed by atoms with Gasteiger partial charge < -0.3 is 17.8 Å². The zero-order valence-electron chi connectivity index (χ0n) is 25.8. The molecule has 0 N–H and O–H groups in total. The second-order valence-electron chi connectivity index (χ2n) is 11.8. The summed E-state index contributed by atoms with van der Waals surface area (Å²) >= 11 is 0. The van der Waals surface area contributed by atoms with Gasteiger partial charge in [0.15, 0.2) is 8.32 Å². The van der Waals surface area contributed by atoms with E-state index < -0.39 is 39.2 Å². The quantitative estimate of drug-likeness (QED) is 0.147. The summed E-state index contributed by atoms with van der Waals surface area (Å²) in [6.07, 6.45) is 1.05. The van der Waals surface area contributed by atoms with Crippen molar-refractivity contribution in [2.24, 2.45) is 0 Å². The Morgan fingerprint density at radius 3 is 1.56 bits per heavy atom. The van der Waals surface area contributed by atoms with Crippen LogP contribution in [-0.4, -0.2) is 68.9 Å². The second-order valence-corrected chi connectivity index (χ2v) is 30.4. The van der Waals surface area contributed by atoms with Gasteiger partial charge in [0.25, 0.3) is 22.6 Å². The van der Waals surface area contributed by atoms with E-state index in [4.69, 9.17) is 13.3 Å². The van der Waals surface area contributed by atoms with Gasteiger partial charge in [0.05, 0.1) is 6.42 Å². The first-order valence-electron chi connectivity index (χ1n) is 14.5. The molecule has 0 aliphatic heterocycles. The molecule has 0 rings (SSSR count). The largest absolute Gasteiger partial charge is 0.519 e. The Morgan fingerprint density at radius 1 is 0.722 bits per heavy atom. The number of rotatable bonds is 19. The van der Waals surface area contributed by atoms with Crippen molar-refractivity contribution in [3.05, 3.63) is 0 Å². The first kappa shape index (κ1) is 35.7. The third kappa shape index (κ3) is 11.2. The Bertz CT molecular complexity index is 645. The van der Waals surface area contributed by atoms with Crippen molar-refractivity contribution in [3.8, 4) is 0 Å². The maximum Gasteiger partial charge on any atom is 0.310 e. The van der Waals surface area contributed by atoms with Gasteiger partial charge in [-0.1, -0.05) is 61.2 Å². The van der Waals surface area contributed by atoms with Crippen molar-refractivity contribution in [2.75, 3.05) is 13.2 Å². The van der Waals surface area contributed by atoms with Crippen molar-refractivity contribution >= 4 is 45.1 Å². The van der Waals surface area contributed by atoms with E-state index in [0.717, 1.165) is 61.9 Å². The van der Waals surface area contributed by atoms with E-state index in [1.165, 1.54) is 0 Å². The topological polar surface area (TPSA) is 65.1 Å². The smallest absolute Gasteiger partial charge is 0.310 e. The first-order valence-corrected chi connectivity index (χ1v) is 26.1. The zero-order valence-corrected chi connectivity index (χ0v) is 29.8. The Labute approximate surface area is 227 Å². The van der Waals surface area contributed by atoms with E-state index >= 15 is 0 Å². The van der Waals surface area contributed by atoms with E-state index in [9.17, 15) is 9.59 Å². The number of nitrogens with zero attached hydrogens (tertiary/aromatic N) is 1. The van der Waals surface area contributed by atoms with Crippen LogP contribution in [0.1, 0.15) is 61.3 Å². The van der Waals surface area contributed by atoms with Crippen LogP contribution in [0.5, 0.6) is 0 Å². The zero-order chi connectivity index (χ0) is 28.2. The van der Waals surface area contributed by atoms with Crippen LogP contribution in [0.25, 0.3) is 0 Å². The summed E-state index contributed by atoms with van der Waals surface area (Å²) in [6.45, 7) is 27.7. The fourth-order valence-corrected chi connectivity index (χ4v) is 14.0. The van der Waals surface area contributed by atoms with E-state index in [-0.39, 0.29) is 18.4 Å². The molecular formula is C26H59NO5Si4. The minimum absolute atomic E-state index is 0.0890.